The van der Waals surface area contributed by atoms with E-state index in [9.17, 15) is 0 Å². The van der Waals surface area contributed by atoms with Crippen molar-refractivity contribution in [3.63, 3.8) is 0 Å². The van der Waals surface area contributed by atoms with Crippen molar-refractivity contribution in [2.75, 3.05) is 4.90 Å². The number of aromatic nitrogens is 4. The summed E-state index contributed by atoms with van der Waals surface area (Å²) in [6, 6.07) is 86.8. The number of imidazole rings is 2. The van der Waals surface area contributed by atoms with E-state index in [0.717, 1.165) is 90.0 Å². The number of benzene rings is 9. The van der Waals surface area contributed by atoms with Crippen LogP contribution in [0.1, 0.15) is 11.7 Å². The van der Waals surface area contributed by atoms with Crippen LogP contribution in [0.15, 0.2) is 224 Å². The van der Waals surface area contributed by atoms with Gasteiger partial charge in [0.15, 0.2) is 0 Å². The van der Waals surface area contributed by atoms with Gasteiger partial charge >= 0.3 is 0 Å². The maximum atomic E-state index is 5.11. The molecule has 0 amide bonds. The number of hydrogen-bond donors (Lipinski definition) is 0. The van der Waals surface area contributed by atoms with Crippen LogP contribution in [-0.4, -0.2) is 19.1 Å². The second kappa shape index (κ2) is 17.9. The maximum Gasteiger partial charge on any atom is 0.0798 e. The Morgan fingerprint density at radius 2 is 0.891 bits per heavy atom. The Bertz CT molecular complexity index is 3330. The van der Waals surface area contributed by atoms with Crippen LogP contribution in [0.5, 0.6) is 0 Å². The molecule has 12 rings (SSSR count). The Balaban J connectivity index is 0.000000155. The molecular weight excluding hydrogens is 961 g/mol. The Morgan fingerprint density at radius 3 is 1.50 bits per heavy atom. The Hall–Kier alpha value is -7.83. The van der Waals surface area contributed by atoms with Crippen molar-refractivity contribution in [1.82, 2.24) is 19.1 Å². The minimum absolute atomic E-state index is 0. The fourth-order valence-electron chi connectivity index (χ4n) is 8.35. The van der Waals surface area contributed by atoms with Crippen molar-refractivity contribution in [2.45, 2.75) is 6.17 Å². The predicted octanol–water partition coefficient (Wildman–Crippen LogP) is 14.3. The van der Waals surface area contributed by atoms with Crippen molar-refractivity contribution in [3.05, 3.63) is 254 Å². The number of rotatable bonds is 7. The third kappa shape index (κ3) is 7.68. The molecule has 2 aromatic heterocycles. The second-order valence-electron chi connectivity index (χ2n) is 15.2. The van der Waals surface area contributed by atoms with Crippen molar-refractivity contribution in [3.8, 4) is 45.3 Å². The Morgan fingerprint density at radius 1 is 0.406 bits per heavy atom. The van der Waals surface area contributed by atoms with Crippen molar-refractivity contribution < 1.29 is 20.1 Å². The van der Waals surface area contributed by atoms with Crippen LogP contribution in [0.3, 0.4) is 0 Å². The van der Waals surface area contributed by atoms with Crippen molar-refractivity contribution in [2.24, 2.45) is 0 Å². The molecule has 0 saturated heterocycles. The molecule has 0 spiro atoms. The molecule has 1 atom stereocenters. The van der Waals surface area contributed by atoms with Gasteiger partial charge in [0.05, 0.1) is 33.7 Å². The first-order valence-corrected chi connectivity index (χ1v) is 21.0. The van der Waals surface area contributed by atoms with E-state index in [4.69, 9.17) is 15.3 Å². The third-order valence-corrected chi connectivity index (χ3v) is 11.2. The summed E-state index contributed by atoms with van der Waals surface area (Å²) in [4.78, 5) is 12.2. The predicted molar refractivity (Wildman–Crippen MR) is 256 cm³/mol. The van der Waals surface area contributed by atoms with Gasteiger partial charge in [-0.3, -0.25) is 9.97 Å². The van der Waals surface area contributed by atoms with E-state index in [1.807, 2.05) is 78.9 Å². The second-order valence-corrected chi connectivity index (χ2v) is 15.2. The molecule has 309 valence electrons. The van der Waals surface area contributed by atoms with E-state index in [1.54, 1.807) is 0 Å². The summed E-state index contributed by atoms with van der Waals surface area (Å²) in [5.74, 6) is 1.76. The topological polar surface area (TPSA) is 53.0 Å². The van der Waals surface area contributed by atoms with Gasteiger partial charge in [-0.15, -0.1) is 59.3 Å². The third-order valence-electron chi connectivity index (χ3n) is 11.2. The van der Waals surface area contributed by atoms with Crippen molar-refractivity contribution in [1.29, 1.82) is 0 Å². The first kappa shape index (κ1) is 40.3. The standard InChI is InChI=1S/C32H22N4.C25H16N2.Ir/c1-3-14-25(15-4-1)35-29-20-9-7-18-27(29)33-31(35)23-12-11-13-24(22-23)32-34-28-19-8-10-21-30(28)36(32)26-16-5-2-6-17-26;1-3-10-19(11-4-1)20-12-9-13-21(18-20)25-26-23-16-7-8-17-24(23)27(25)22-14-5-2-6-15-22;/h1-21,31H;1-10,12-17H;/q2*-2;. The minimum atomic E-state index is -0.209. The summed E-state index contributed by atoms with van der Waals surface area (Å²) >= 11 is 0. The molecule has 1 aliphatic heterocycles. The smallest absolute Gasteiger partial charge is 0.0798 e. The van der Waals surface area contributed by atoms with Gasteiger partial charge in [-0.05, 0) is 72.9 Å². The summed E-state index contributed by atoms with van der Waals surface area (Å²) in [6.45, 7) is 0. The Kier molecular flexibility index (Phi) is 11.2. The molecule has 3 heterocycles. The molecule has 0 saturated carbocycles. The number of anilines is 2. The van der Waals surface area contributed by atoms with Gasteiger partial charge in [0, 0.05) is 42.9 Å². The zero-order chi connectivity index (χ0) is 42.0. The largest absolute Gasteiger partial charge is 0.661 e. The van der Waals surface area contributed by atoms with Crippen LogP contribution < -0.4 is 4.90 Å². The average molecular weight is 999 g/mol. The summed E-state index contributed by atoms with van der Waals surface area (Å²) in [6.07, 6.45) is -0.209. The van der Waals surface area contributed by atoms with Crippen LogP contribution >= 0.6 is 0 Å². The quantitative estimate of drug-likeness (QED) is 0.150. The van der Waals surface area contributed by atoms with Crippen LogP contribution in [0.2, 0.25) is 0 Å². The van der Waals surface area contributed by atoms with Crippen molar-refractivity contribution >= 4 is 39.1 Å². The van der Waals surface area contributed by atoms with Gasteiger partial charge in [0.25, 0.3) is 0 Å². The van der Waals surface area contributed by atoms with E-state index in [0.29, 0.717) is 0 Å². The average Bonchev–Trinajstić information content (AvgIpc) is 4.08. The summed E-state index contributed by atoms with van der Waals surface area (Å²) in [7, 11) is 0. The fraction of sp³-hybridized carbons (Fsp3) is 0.0175. The molecule has 1 radical (unpaired) electrons. The fourth-order valence-corrected chi connectivity index (χ4v) is 8.35. The number of hydrogen-bond acceptors (Lipinski definition) is 3. The SMILES string of the molecule is [Ir].[c-]1c(-c2nc3ccccc3n2-c2ccccc2)cccc1C1[N-]c2ccccc2N1c1ccccc1.[c-]1ccccc1-c1[c-]c(-c2nc3ccccc3n2-c2ccccc2)ccc1. The van der Waals surface area contributed by atoms with E-state index in [-0.39, 0.29) is 26.3 Å². The van der Waals surface area contributed by atoms with E-state index in [1.165, 1.54) is 0 Å². The normalized spacial score (nSPS) is 12.8. The van der Waals surface area contributed by atoms with Crippen LogP contribution in [0, 0.1) is 18.2 Å². The molecule has 11 aromatic rings. The molecule has 9 aromatic carbocycles. The van der Waals surface area contributed by atoms with Crippen LogP contribution in [-0.2, 0) is 20.1 Å². The van der Waals surface area contributed by atoms with Crippen LogP contribution in [0.4, 0.5) is 17.1 Å². The first-order chi connectivity index (χ1) is 31.3. The molecule has 0 fully saturated rings. The molecule has 6 nitrogen and oxygen atoms in total. The molecule has 0 aliphatic carbocycles. The first-order valence-electron chi connectivity index (χ1n) is 21.0. The summed E-state index contributed by atoms with van der Waals surface area (Å²) < 4.78 is 4.40. The molecule has 1 aliphatic rings. The van der Waals surface area contributed by atoms with E-state index >= 15 is 0 Å². The monoisotopic (exact) mass is 999 g/mol. The van der Waals surface area contributed by atoms with E-state index in [2.05, 4.69) is 178 Å². The number of para-hydroxylation sites is 9. The summed E-state index contributed by atoms with van der Waals surface area (Å²) in [5, 5.41) is 5.11. The zero-order valence-corrected chi connectivity index (χ0v) is 36.9. The van der Waals surface area contributed by atoms with Gasteiger partial charge in [0.2, 0.25) is 0 Å². The van der Waals surface area contributed by atoms with Gasteiger partial charge in [-0.25, -0.2) is 5.56 Å². The van der Waals surface area contributed by atoms with Gasteiger partial charge < -0.3 is 19.4 Å². The molecular formula is C57H38IrN6-4. The maximum absolute atomic E-state index is 5.11. The number of nitrogens with zero attached hydrogens (tertiary/aromatic N) is 6. The molecule has 64 heavy (non-hydrogen) atoms. The van der Waals surface area contributed by atoms with Gasteiger partial charge in [-0.2, -0.15) is 42.0 Å². The van der Waals surface area contributed by atoms with Gasteiger partial charge in [-0.1, -0.05) is 103 Å². The molecule has 7 heteroatoms. The van der Waals surface area contributed by atoms with Crippen LogP contribution in [0.25, 0.3) is 72.7 Å². The van der Waals surface area contributed by atoms with E-state index < -0.39 is 0 Å². The minimum Gasteiger partial charge on any atom is -0.661 e. The summed E-state index contributed by atoms with van der Waals surface area (Å²) in [5.41, 5.74) is 14.4. The molecule has 0 bridgehead atoms. The Labute approximate surface area is 386 Å². The molecule has 1 unspecified atom stereocenters. The number of fused-ring (bicyclic) bond motifs is 3. The van der Waals surface area contributed by atoms with Gasteiger partial charge in [0.1, 0.15) is 0 Å². The zero-order valence-electron chi connectivity index (χ0n) is 34.5. The molecule has 0 N–H and O–H groups in total.